The molecule has 17 heavy (non-hydrogen) atoms. The number of rotatable bonds is 5. The maximum Gasteiger partial charge on any atom is 0.133 e. The van der Waals surface area contributed by atoms with Gasteiger partial charge in [-0.25, -0.2) is 4.39 Å². The van der Waals surface area contributed by atoms with Crippen LogP contribution in [-0.4, -0.2) is 12.2 Å². The zero-order chi connectivity index (χ0) is 13.1. The van der Waals surface area contributed by atoms with Gasteiger partial charge in [-0.1, -0.05) is 26.3 Å². The van der Waals surface area contributed by atoms with E-state index < -0.39 is 11.4 Å². The Bertz CT molecular complexity index is 374. The normalized spacial score (nSPS) is 16.4. The van der Waals surface area contributed by atoms with E-state index in [0.29, 0.717) is 18.1 Å². The number of hydrogen-bond donors (Lipinski definition) is 1. The minimum Gasteiger partial charge on any atom is -0.496 e. The van der Waals surface area contributed by atoms with Crippen LogP contribution in [0.5, 0.6) is 5.75 Å². The van der Waals surface area contributed by atoms with E-state index in [9.17, 15) is 9.50 Å². The van der Waals surface area contributed by atoms with E-state index in [1.165, 1.54) is 13.2 Å². The lowest BCUT2D eigenvalue weighted by Gasteiger charge is -2.28. The van der Waals surface area contributed by atoms with Crippen LogP contribution in [0.15, 0.2) is 18.2 Å². The van der Waals surface area contributed by atoms with Crippen molar-refractivity contribution in [2.24, 2.45) is 5.92 Å². The zero-order valence-electron chi connectivity index (χ0n) is 11.0. The second-order valence-electron chi connectivity index (χ2n) is 4.81. The molecule has 0 bridgehead atoms. The van der Waals surface area contributed by atoms with Gasteiger partial charge in [0.2, 0.25) is 0 Å². The number of ether oxygens (including phenoxy) is 1. The summed E-state index contributed by atoms with van der Waals surface area (Å²) in [5.74, 6) is 0.310. The highest BCUT2D eigenvalue weighted by Crippen LogP contribution is 2.36. The highest BCUT2D eigenvalue weighted by molar-refractivity contribution is 5.38. The number of halogens is 1. The molecule has 0 heterocycles. The van der Waals surface area contributed by atoms with Crippen molar-refractivity contribution in [1.29, 1.82) is 0 Å². The predicted octanol–water partition coefficient (Wildman–Crippen LogP) is 3.48. The van der Waals surface area contributed by atoms with Gasteiger partial charge in [0.05, 0.1) is 18.3 Å². The molecule has 0 aliphatic rings. The molecule has 0 saturated carbocycles. The van der Waals surface area contributed by atoms with Crippen LogP contribution >= 0.6 is 0 Å². The van der Waals surface area contributed by atoms with Crippen molar-refractivity contribution >= 4 is 0 Å². The molecule has 0 aliphatic heterocycles. The Morgan fingerprint density at radius 3 is 2.65 bits per heavy atom. The molecule has 0 fully saturated rings. The fourth-order valence-electron chi connectivity index (χ4n) is 2.12. The van der Waals surface area contributed by atoms with Gasteiger partial charge in [-0.2, -0.15) is 0 Å². The maximum atomic E-state index is 13.8. The van der Waals surface area contributed by atoms with Crippen molar-refractivity contribution < 1.29 is 14.2 Å². The summed E-state index contributed by atoms with van der Waals surface area (Å²) in [5, 5.41) is 10.5. The molecule has 2 atom stereocenters. The molecular formula is C14H21FO2. The molecule has 2 nitrogen and oxygen atoms in total. The quantitative estimate of drug-likeness (QED) is 0.853. The lowest BCUT2D eigenvalue weighted by atomic mass is 9.85. The Kier molecular flexibility index (Phi) is 4.52. The van der Waals surface area contributed by atoms with Crippen LogP contribution in [0.25, 0.3) is 0 Å². The van der Waals surface area contributed by atoms with Gasteiger partial charge in [-0.15, -0.1) is 0 Å². The molecule has 0 aromatic heterocycles. The van der Waals surface area contributed by atoms with Gasteiger partial charge in [-0.3, -0.25) is 0 Å². The molecule has 0 saturated heterocycles. The third-order valence-electron chi connectivity index (χ3n) is 3.18. The fraction of sp³-hybridized carbons (Fsp3) is 0.571. The molecule has 0 amide bonds. The Balaban J connectivity index is 3.12. The van der Waals surface area contributed by atoms with E-state index >= 15 is 0 Å². The zero-order valence-corrected chi connectivity index (χ0v) is 11.0. The molecule has 96 valence electrons. The van der Waals surface area contributed by atoms with E-state index in [-0.39, 0.29) is 5.56 Å². The van der Waals surface area contributed by atoms with Gasteiger partial charge in [0.1, 0.15) is 11.6 Å². The van der Waals surface area contributed by atoms with Crippen LogP contribution in [0.4, 0.5) is 4.39 Å². The first kappa shape index (κ1) is 14.0. The summed E-state index contributed by atoms with van der Waals surface area (Å²) in [7, 11) is 1.48. The van der Waals surface area contributed by atoms with E-state index in [2.05, 4.69) is 6.92 Å². The molecule has 0 radical (unpaired) electrons. The van der Waals surface area contributed by atoms with E-state index in [0.717, 1.165) is 6.42 Å². The number of hydrogen-bond acceptors (Lipinski definition) is 2. The van der Waals surface area contributed by atoms with Crippen LogP contribution in [-0.2, 0) is 5.60 Å². The number of aliphatic hydroxyl groups is 1. The average molecular weight is 240 g/mol. The molecule has 0 spiro atoms. The summed E-state index contributed by atoms with van der Waals surface area (Å²) >= 11 is 0. The molecule has 0 aliphatic carbocycles. The Hall–Kier alpha value is -1.09. The topological polar surface area (TPSA) is 29.5 Å². The molecular weight excluding hydrogens is 219 g/mol. The van der Waals surface area contributed by atoms with Crippen LogP contribution in [0.1, 0.15) is 39.2 Å². The largest absolute Gasteiger partial charge is 0.496 e. The molecule has 1 aromatic rings. The number of methoxy groups -OCH3 is 1. The highest BCUT2D eigenvalue weighted by atomic mass is 19.1. The first-order valence-corrected chi connectivity index (χ1v) is 5.97. The molecule has 1 rings (SSSR count). The minimum atomic E-state index is -1.20. The van der Waals surface area contributed by atoms with Gasteiger partial charge in [0, 0.05) is 0 Å². The van der Waals surface area contributed by atoms with Gasteiger partial charge in [0.25, 0.3) is 0 Å². The average Bonchev–Trinajstić information content (AvgIpc) is 2.27. The molecule has 2 unspecified atom stereocenters. The molecule has 1 N–H and O–H groups in total. The third-order valence-corrected chi connectivity index (χ3v) is 3.18. The van der Waals surface area contributed by atoms with E-state index in [1.807, 2.05) is 6.92 Å². The van der Waals surface area contributed by atoms with Crippen LogP contribution in [0, 0.1) is 11.7 Å². The van der Waals surface area contributed by atoms with Crippen molar-refractivity contribution in [2.75, 3.05) is 7.11 Å². The Morgan fingerprint density at radius 1 is 1.47 bits per heavy atom. The second-order valence-corrected chi connectivity index (χ2v) is 4.81. The van der Waals surface area contributed by atoms with Gasteiger partial charge in [-0.05, 0) is 31.4 Å². The van der Waals surface area contributed by atoms with Gasteiger partial charge in [0.15, 0.2) is 0 Å². The molecule has 3 heteroatoms. The predicted molar refractivity (Wildman–Crippen MR) is 66.6 cm³/mol. The van der Waals surface area contributed by atoms with Crippen LogP contribution in [0.3, 0.4) is 0 Å². The standard InChI is InChI=1S/C14H21FO2/c1-5-10(2)9-14(3,16)13-11(15)7-6-8-12(13)17-4/h6-8,10,16H,5,9H2,1-4H3. The van der Waals surface area contributed by atoms with Crippen molar-refractivity contribution in [3.8, 4) is 5.75 Å². The van der Waals surface area contributed by atoms with E-state index in [4.69, 9.17) is 4.74 Å². The Morgan fingerprint density at radius 2 is 2.12 bits per heavy atom. The maximum absolute atomic E-state index is 13.8. The first-order valence-electron chi connectivity index (χ1n) is 5.97. The molecule has 1 aromatic carbocycles. The summed E-state index contributed by atoms with van der Waals surface area (Å²) in [5.41, 5.74) is -0.950. The number of benzene rings is 1. The van der Waals surface area contributed by atoms with Crippen molar-refractivity contribution in [3.05, 3.63) is 29.6 Å². The minimum absolute atomic E-state index is 0.253. The fourth-order valence-corrected chi connectivity index (χ4v) is 2.12. The second kappa shape index (κ2) is 5.50. The highest BCUT2D eigenvalue weighted by Gasteiger charge is 2.31. The lowest BCUT2D eigenvalue weighted by Crippen LogP contribution is -2.26. The lowest BCUT2D eigenvalue weighted by molar-refractivity contribution is 0.0261. The van der Waals surface area contributed by atoms with Crippen molar-refractivity contribution in [2.45, 2.75) is 39.2 Å². The summed E-state index contributed by atoms with van der Waals surface area (Å²) in [4.78, 5) is 0. The van der Waals surface area contributed by atoms with Crippen LogP contribution in [0.2, 0.25) is 0 Å². The Labute approximate surface area is 102 Å². The first-order chi connectivity index (χ1) is 7.92. The third kappa shape index (κ3) is 3.19. The smallest absolute Gasteiger partial charge is 0.133 e. The summed E-state index contributed by atoms with van der Waals surface area (Å²) in [6, 6.07) is 4.60. The monoisotopic (exact) mass is 240 g/mol. The SMILES string of the molecule is CCC(C)CC(C)(O)c1c(F)cccc1OC. The van der Waals surface area contributed by atoms with Crippen LogP contribution < -0.4 is 4.74 Å². The summed E-state index contributed by atoms with van der Waals surface area (Å²) in [6.07, 6.45) is 1.47. The summed E-state index contributed by atoms with van der Waals surface area (Å²) < 4.78 is 19.0. The van der Waals surface area contributed by atoms with Crippen molar-refractivity contribution in [1.82, 2.24) is 0 Å². The summed E-state index contributed by atoms with van der Waals surface area (Å²) in [6.45, 7) is 5.74. The van der Waals surface area contributed by atoms with Gasteiger partial charge >= 0.3 is 0 Å². The van der Waals surface area contributed by atoms with Gasteiger partial charge < -0.3 is 9.84 Å². The van der Waals surface area contributed by atoms with Crippen molar-refractivity contribution in [3.63, 3.8) is 0 Å². The van der Waals surface area contributed by atoms with E-state index in [1.54, 1.807) is 19.1 Å².